The fraction of sp³-hybridized carbons (Fsp3) is 0.125. The molecule has 3 rings (SSSR count). The molecule has 1 aromatic carbocycles. The number of sulfonamides is 1. The summed E-state index contributed by atoms with van der Waals surface area (Å²) >= 11 is 0. The second kappa shape index (κ2) is 6.22. The Morgan fingerprint density at radius 2 is 1.77 bits per heavy atom. The van der Waals surface area contributed by atoms with Crippen LogP contribution in [0.5, 0.6) is 0 Å². The highest BCUT2D eigenvalue weighted by Gasteiger charge is 2.35. The molecule has 0 bridgehead atoms. The number of rotatable bonds is 3. The van der Waals surface area contributed by atoms with Crippen LogP contribution < -0.4 is 5.14 Å². The van der Waals surface area contributed by atoms with Gasteiger partial charge in [-0.25, -0.2) is 18.5 Å². The first-order valence-corrected chi connectivity index (χ1v) is 8.84. The molecule has 0 aliphatic carbocycles. The summed E-state index contributed by atoms with van der Waals surface area (Å²) in [5.41, 5.74) is 0.154. The summed E-state index contributed by atoms with van der Waals surface area (Å²) in [5, 5.41) is 5.04. The van der Waals surface area contributed by atoms with Crippen molar-refractivity contribution in [2.24, 2.45) is 5.14 Å². The van der Waals surface area contributed by atoms with E-state index in [2.05, 4.69) is 9.97 Å². The quantitative estimate of drug-likeness (QED) is 0.754. The summed E-state index contributed by atoms with van der Waals surface area (Å²) in [7, 11) is -3.91. The van der Waals surface area contributed by atoms with Crippen LogP contribution in [-0.2, 0) is 16.2 Å². The minimum absolute atomic E-state index is 0.00113. The largest absolute Gasteiger partial charge is 0.434 e. The topological polar surface area (TPSA) is 90.9 Å². The number of aryl methyl sites for hydroxylation is 1. The molecule has 10 heteroatoms. The van der Waals surface area contributed by atoms with Gasteiger partial charge in [-0.15, -0.1) is 0 Å². The third-order valence-corrected chi connectivity index (χ3v) is 4.59. The van der Waals surface area contributed by atoms with Crippen LogP contribution in [0.1, 0.15) is 11.3 Å². The summed E-state index contributed by atoms with van der Waals surface area (Å²) < 4.78 is 63.3. The average Bonchev–Trinajstić information content (AvgIpc) is 3.00. The van der Waals surface area contributed by atoms with E-state index >= 15 is 0 Å². The average molecular weight is 382 g/mol. The minimum atomic E-state index is -4.64. The van der Waals surface area contributed by atoms with Crippen LogP contribution in [0.2, 0.25) is 0 Å². The van der Waals surface area contributed by atoms with Gasteiger partial charge in [-0.2, -0.15) is 13.2 Å². The van der Waals surface area contributed by atoms with Crippen molar-refractivity contribution in [3.8, 4) is 17.2 Å². The molecular weight excluding hydrogens is 369 g/mol. The zero-order valence-electron chi connectivity index (χ0n) is 13.4. The van der Waals surface area contributed by atoms with Crippen molar-refractivity contribution < 1.29 is 21.6 Å². The van der Waals surface area contributed by atoms with Crippen LogP contribution in [-0.4, -0.2) is 23.0 Å². The molecule has 2 heterocycles. The van der Waals surface area contributed by atoms with E-state index in [1.54, 1.807) is 19.1 Å². The maximum Gasteiger partial charge on any atom is 0.434 e. The molecule has 0 spiro atoms. The van der Waals surface area contributed by atoms with Gasteiger partial charge in [0.25, 0.3) is 0 Å². The Hall–Kier alpha value is -2.72. The van der Waals surface area contributed by atoms with Crippen LogP contribution in [0.3, 0.4) is 0 Å². The molecule has 2 aromatic heterocycles. The summed E-state index contributed by atoms with van der Waals surface area (Å²) in [6.45, 7) is 1.71. The normalized spacial score (nSPS) is 12.3. The highest BCUT2D eigenvalue weighted by atomic mass is 32.2. The molecule has 0 radical (unpaired) electrons. The first-order valence-electron chi connectivity index (χ1n) is 7.29. The molecule has 6 nitrogen and oxygen atoms in total. The van der Waals surface area contributed by atoms with Gasteiger partial charge in [0.2, 0.25) is 10.0 Å². The standard InChI is InChI=1S/C16H13F3N4O2S/c1-10-3-2-8-21-14(10)15-22-13(16(17,18)19)9-23(15)11-4-6-12(7-5-11)26(20,24)25/h2-9H,1H3,(H2,20,24,25). The van der Waals surface area contributed by atoms with Gasteiger partial charge >= 0.3 is 6.18 Å². The van der Waals surface area contributed by atoms with E-state index in [-0.39, 0.29) is 10.7 Å². The third kappa shape index (κ3) is 3.46. The van der Waals surface area contributed by atoms with Crippen molar-refractivity contribution in [2.75, 3.05) is 0 Å². The number of pyridine rings is 1. The lowest BCUT2D eigenvalue weighted by atomic mass is 10.2. The summed E-state index contributed by atoms with van der Waals surface area (Å²) in [6.07, 6.45) is -2.34. The molecule has 26 heavy (non-hydrogen) atoms. The molecule has 0 unspecified atom stereocenters. The third-order valence-electron chi connectivity index (χ3n) is 3.66. The van der Waals surface area contributed by atoms with Gasteiger partial charge in [-0.05, 0) is 42.8 Å². The molecule has 0 aliphatic rings. The Balaban J connectivity index is 2.20. The SMILES string of the molecule is Cc1cccnc1-c1nc(C(F)(F)F)cn1-c1ccc(S(N)(=O)=O)cc1. The Labute approximate surface area is 147 Å². The van der Waals surface area contributed by atoms with Gasteiger partial charge in [0, 0.05) is 18.1 Å². The Morgan fingerprint density at radius 1 is 1.12 bits per heavy atom. The first-order chi connectivity index (χ1) is 12.1. The first kappa shape index (κ1) is 18.1. The van der Waals surface area contributed by atoms with Crippen LogP contribution in [0.4, 0.5) is 13.2 Å². The smallest absolute Gasteiger partial charge is 0.298 e. The van der Waals surface area contributed by atoms with E-state index in [0.29, 0.717) is 16.9 Å². The molecular formula is C16H13F3N4O2S. The molecule has 0 fully saturated rings. The van der Waals surface area contributed by atoms with Crippen molar-refractivity contribution >= 4 is 10.0 Å². The molecule has 0 saturated heterocycles. The van der Waals surface area contributed by atoms with E-state index in [0.717, 1.165) is 6.20 Å². The number of benzene rings is 1. The lowest BCUT2D eigenvalue weighted by Crippen LogP contribution is -2.12. The summed E-state index contributed by atoms with van der Waals surface area (Å²) in [4.78, 5) is 7.67. The van der Waals surface area contributed by atoms with E-state index in [1.807, 2.05) is 0 Å². The van der Waals surface area contributed by atoms with Crippen LogP contribution in [0, 0.1) is 6.92 Å². The van der Waals surface area contributed by atoms with E-state index in [1.165, 1.54) is 35.0 Å². The van der Waals surface area contributed by atoms with Gasteiger partial charge in [0.05, 0.1) is 4.90 Å². The predicted molar refractivity (Wildman–Crippen MR) is 87.9 cm³/mol. The summed E-state index contributed by atoms with van der Waals surface area (Å²) in [5.74, 6) is -0.00113. The van der Waals surface area contributed by atoms with Crippen molar-refractivity contribution in [2.45, 2.75) is 18.0 Å². The van der Waals surface area contributed by atoms with Crippen molar-refractivity contribution in [3.63, 3.8) is 0 Å². The zero-order valence-corrected chi connectivity index (χ0v) is 14.2. The number of halogens is 3. The predicted octanol–water partition coefficient (Wildman–Crippen LogP) is 2.91. The van der Waals surface area contributed by atoms with Crippen molar-refractivity contribution in [1.82, 2.24) is 14.5 Å². The molecule has 0 amide bonds. The number of nitrogens with two attached hydrogens (primary N) is 1. The molecule has 3 aromatic rings. The van der Waals surface area contributed by atoms with E-state index in [9.17, 15) is 21.6 Å². The maximum atomic E-state index is 13.1. The van der Waals surface area contributed by atoms with E-state index < -0.39 is 21.9 Å². The number of hydrogen-bond donors (Lipinski definition) is 1. The number of primary sulfonamides is 1. The lowest BCUT2D eigenvalue weighted by Gasteiger charge is -2.09. The van der Waals surface area contributed by atoms with E-state index in [4.69, 9.17) is 5.14 Å². The Morgan fingerprint density at radius 3 is 2.31 bits per heavy atom. The maximum absolute atomic E-state index is 13.1. The van der Waals surface area contributed by atoms with Gasteiger partial charge in [0.15, 0.2) is 11.5 Å². The molecule has 0 aliphatic heterocycles. The van der Waals surface area contributed by atoms with Crippen LogP contribution in [0.15, 0.2) is 53.7 Å². The highest BCUT2D eigenvalue weighted by molar-refractivity contribution is 7.89. The molecule has 0 atom stereocenters. The van der Waals surface area contributed by atoms with Crippen LogP contribution >= 0.6 is 0 Å². The van der Waals surface area contributed by atoms with Crippen LogP contribution in [0.25, 0.3) is 17.2 Å². The second-order valence-electron chi connectivity index (χ2n) is 5.53. The molecule has 136 valence electrons. The fourth-order valence-electron chi connectivity index (χ4n) is 2.40. The van der Waals surface area contributed by atoms with Crippen molar-refractivity contribution in [1.29, 1.82) is 0 Å². The lowest BCUT2D eigenvalue weighted by molar-refractivity contribution is -0.140. The monoisotopic (exact) mass is 382 g/mol. The number of hydrogen-bond acceptors (Lipinski definition) is 4. The van der Waals surface area contributed by atoms with Gasteiger partial charge in [-0.3, -0.25) is 9.55 Å². The van der Waals surface area contributed by atoms with Gasteiger partial charge in [-0.1, -0.05) is 6.07 Å². The second-order valence-corrected chi connectivity index (χ2v) is 7.09. The molecule has 0 saturated carbocycles. The number of imidazole rings is 1. The minimum Gasteiger partial charge on any atom is -0.298 e. The zero-order chi connectivity index (χ0) is 19.1. The van der Waals surface area contributed by atoms with Crippen molar-refractivity contribution in [3.05, 3.63) is 60.0 Å². The van der Waals surface area contributed by atoms with Gasteiger partial charge < -0.3 is 0 Å². The Kier molecular flexibility index (Phi) is 4.32. The number of nitrogens with zero attached hydrogens (tertiary/aromatic N) is 3. The van der Waals surface area contributed by atoms with Gasteiger partial charge in [0.1, 0.15) is 5.69 Å². The summed E-state index contributed by atoms with van der Waals surface area (Å²) in [6, 6.07) is 8.50. The fourth-order valence-corrected chi connectivity index (χ4v) is 2.91. The molecule has 2 N–H and O–H groups in total. The number of aromatic nitrogens is 3. The highest BCUT2D eigenvalue weighted by Crippen LogP contribution is 2.33. The number of alkyl halides is 3. The Bertz CT molecular complexity index is 1060.